The van der Waals surface area contributed by atoms with Gasteiger partial charge in [0.25, 0.3) is 0 Å². The Labute approximate surface area is 309 Å². The topological polar surface area (TPSA) is 121 Å². The quantitative estimate of drug-likeness (QED) is 0.484. The van der Waals surface area contributed by atoms with Crippen molar-refractivity contribution in [2.24, 2.45) is 24.9 Å². The molecule has 2 aromatic heterocycles. The van der Waals surface area contributed by atoms with Crippen molar-refractivity contribution >= 4 is 17.8 Å². The number of hydrogen-bond acceptors (Lipinski definition) is 9. The molecule has 0 unspecified atom stereocenters. The average Bonchev–Trinajstić information content (AvgIpc) is 3.95. The predicted molar refractivity (Wildman–Crippen MR) is 200 cm³/mol. The van der Waals surface area contributed by atoms with Crippen LogP contribution >= 0.6 is 0 Å². The zero-order valence-electron chi connectivity index (χ0n) is 32.6. The fourth-order valence-electron chi connectivity index (χ4n) is 9.93. The number of likely N-dealkylation sites (tertiary alicyclic amines) is 3. The number of aliphatic hydroxyl groups is 1. The number of rotatable bonds is 4. The normalized spacial score (nSPS) is 29.1. The van der Waals surface area contributed by atoms with E-state index in [0.717, 1.165) is 71.5 Å². The first kappa shape index (κ1) is 38.3. The van der Waals surface area contributed by atoms with Crippen LogP contribution in [0.3, 0.4) is 0 Å². The van der Waals surface area contributed by atoms with Crippen LogP contribution in [0.15, 0.2) is 18.5 Å². The first-order chi connectivity index (χ1) is 25.0. The number of hydrogen-bond donors (Lipinski definition) is 1. The fraction of sp³-hybridized carbons (Fsp3) is 0.744. The van der Waals surface area contributed by atoms with Gasteiger partial charge in [0.1, 0.15) is 11.6 Å². The molecule has 3 saturated heterocycles. The summed E-state index contributed by atoms with van der Waals surface area (Å²) in [6.45, 7) is 12.2. The van der Waals surface area contributed by atoms with Crippen LogP contribution in [-0.2, 0) is 23.6 Å². The highest BCUT2D eigenvalue weighted by Crippen LogP contribution is 2.52. The largest absolute Gasteiger partial charge is 0.453 e. The Morgan fingerprint density at radius 1 is 0.750 bits per heavy atom. The Bertz CT molecular complexity index is 1580. The Hall–Kier alpha value is -3.42. The minimum atomic E-state index is -0.170. The van der Waals surface area contributed by atoms with Gasteiger partial charge in [0.15, 0.2) is 0 Å². The van der Waals surface area contributed by atoms with Crippen LogP contribution in [0.25, 0.3) is 5.57 Å². The molecule has 52 heavy (non-hydrogen) atoms. The highest BCUT2D eigenvalue weighted by molar-refractivity contribution is 5.68. The van der Waals surface area contributed by atoms with E-state index in [1.807, 2.05) is 22.2 Å². The average molecular weight is 723 g/mol. The second-order valence-corrected chi connectivity index (χ2v) is 16.3. The van der Waals surface area contributed by atoms with Gasteiger partial charge in [-0.2, -0.15) is 0 Å². The molecule has 4 aliphatic heterocycles. The van der Waals surface area contributed by atoms with Gasteiger partial charge in [-0.15, -0.1) is 0 Å². The molecule has 0 radical (unpaired) electrons. The van der Waals surface area contributed by atoms with E-state index >= 15 is 0 Å². The van der Waals surface area contributed by atoms with Crippen LogP contribution in [0.5, 0.6) is 0 Å². The molecule has 0 bridgehead atoms. The molecule has 0 atom stereocenters. The van der Waals surface area contributed by atoms with Crippen molar-refractivity contribution < 1.29 is 24.2 Å². The van der Waals surface area contributed by atoms with Crippen LogP contribution in [0.4, 0.5) is 9.59 Å². The maximum Gasteiger partial charge on any atom is 0.409 e. The third-order valence-corrected chi connectivity index (χ3v) is 13.3. The number of imidazole rings is 2. The lowest BCUT2D eigenvalue weighted by Gasteiger charge is -2.51. The predicted octanol–water partition coefficient (Wildman–Crippen LogP) is 4.58. The van der Waals surface area contributed by atoms with Crippen LogP contribution < -0.4 is 0 Å². The molecule has 288 valence electrons. The highest BCUT2D eigenvalue weighted by atomic mass is 16.5. The summed E-state index contributed by atoms with van der Waals surface area (Å²) in [6.07, 6.45) is 16.6. The van der Waals surface area contributed by atoms with E-state index in [-0.39, 0.29) is 12.2 Å². The van der Waals surface area contributed by atoms with Gasteiger partial charge in [-0.25, -0.2) is 19.6 Å². The molecular formula is C39H62N8O5. The highest BCUT2D eigenvalue weighted by Gasteiger charge is 2.52. The van der Waals surface area contributed by atoms with Crippen molar-refractivity contribution in [2.75, 3.05) is 73.7 Å². The van der Waals surface area contributed by atoms with Crippen molar-refractivity contribution in [3.05, 3.63) is 41.5 Å². The van der Waals surface area contributed by atoms with Gasteiger partial charge in [0, 0.05) is 102 Å². The second kappa shape index (κ2) is 15.9. The van der Waals surface area contributed by atoms with Crippen molar-refractivity contribution in [3.63, 3.8) is 0 Å². The first-order valence-electron chi connectivity index (χ1n) is 19.3. The molecular weight excluding hydrogens is 660 g/mol. The molecule has 0 aromatic carbocycles. The number of aryl methyl sites for hydroxylation is 2. The van der Waals surface area contributed by atoms with Crippen LogP contribution in [0, 0.1) is 24.7 Å². The van der Waals surface area contributed by atoms with E-state index in [0.29, 0.717) is 28.8 Å². The second-order valence-electron chi connectivity index (χ2n) is 16.3. The molecule has 2 spiro atoms. The van der Waals surface area contributed by atoms with Gasteiger partial charge < -0.3 is 38.4 Å². The van der Waals surface area contributed by atoms with E-state index in [2.05, 4.69) is 62.9 Å². The molecule has 5 fully saturated rings. The summed E-state index contributed by atoms with van der Waals surface area (Å²) in [5, 5.41) is 7.00. The molecule has 2 aromatic rings. The lowest BCUT2D eigenvalue weighted by Crippen LogP contribution is -2.54. The van der Waals surface area contributed by atoms with Gasteiger partial charge in [-0.3, -0.25) is 4.90 Å². The minimum absolute atomic E-state index is 0.161. The Balaban J connectivity index is 0.000000171. The number of carbonyl (C=O) groups excluding carboxylic acids is 2. The van der Waals surface area contributed by atoms with Gasteiger partial charge in [-0.1, -0.05) is 6.08 Å². The Kier molecular flexibility index (Phi) is 11.7. The standard InChI is InChI=1S/C19H30N4O2.C19H28N4O2.CH4O/c2*1-14-12-20-17(21(14)2)15-4-7-22(8-5-15)16-10-19(11-16)6-9-23(13-19)18(24)25-3;1-2/h12,15-16H,4-11,13H2,1-3H3;4,12,16H,5-11,13H2,1-3H3;2H,1H3. The summed E-state index contributed by atoms with van der Waals surface area (Å²) in [5.41, 5.74) is 4.54. The number of ether oxygens (including phenoxy) is 2. The Morgan fingerprint density at radius 2 is 1.27 bits per heavy atom. The van der Waals surface area contributed by atoms with E-state index < -0.39 is 0 Å². The first-order valence-corrected chi connectivity index (χ1v) is 19.3. The molecule has 2 aliphatic carbocycles. The summed E-state index contributed by atoms with van der Waals surface area (Å²) < 4.78 is 14.2. The molecule has 2 amide bonds. The molecule has 1 N–H and O–H groups in total. The van der Waals surface area contributed by atoms with E-state index in [4.69, 9.17) is 14.6 Å². The van der Waals surface area contributed by atoms with Crippen molar-refractivity contribution in [1.29, 1.82) is 0 Å². The number of piperidine rings is 1. The monoisotopic (exact) mass is 722 g/mol. The van der Waals surface area contributed by atoms with Crippen molar-refractivity contribution in [3.8, 4) is 0 Å². The summed E-state index contributed by atoms with van der Waals surface area (Å²) in [6, 6.07) is 1.38. The van der Waals surface area contributed by atoms with Gasteiger partial charge >= 0.3 is 12.2 Å². The smallest absolute Gasteiger partial charge is 0.409 e. The summed E-state index contributed by atoms with van der Waals surface area (Å²) in [4.78, 5) is 41.6. The summed E-state index contributed by atoms with van der Waals surface area (Å²) in [5.74, 6) is 2.98. The molecule has 13 nitrogen and oxygen atoms in total. The molecule has 2 saturated carbocycles. The maximum absolute atomic E-state index is 11.7. The molecule has 13 heteroatoms. The van der Waals surface area contributed by atoms with Crippen molar-refractivity contribution in [2.45, 2.75) is 89.6 Å². The zero-order chi connectivity index (χ0) is 37.2. The third kappa shape index (κ3) is 7.64. The van der Waals surface area contributed by atoms with Crippen LogP contribution in [0.1, 0.15) is 86.7 Å². The summed E-state index contributed by atoms with van der Waals surface area (Å²) >= 11 is 0. The van der Waals surface area contributed by atoms with E-state index in [9.17, 15) is 9.59 Å². The molecule has 6 heterocycles. The van der Waals surface area contributed by atoms with E-state index in [1.54, 1.807) is 0 Å². The number of carbonyl (C=O) groups is 2. The zero-order valence-corrected chi connectivity index (χ0v) is 32.6. The van der Waals surface area contributed by atoms with Crippen LogP contribution in [0.2, 0.25) is 0 Å². The van der Waals surface area contributed by atoms with Gasteiger partial charge in [-0.05, 0) is 101 Å². The number of methoxy groups -OCH3 is 2. The lowest BCUT2D eigenvalue weighted by molar-refractivity contribution is -0.00476. The number of nitrogens with zero attached hydrogens (tertiary/aromatic N) is 8. The maximum atomic E-state index is 11.7. The van der Waals surface area contributed by atoms with Crippen molar-refractivity contribution in [1.82, 2.24) is 38.7 Å². The number of aromatic nitrogens is 4. The van der Waals surface area contributed by atoms with Crippen LogP contribution in [-0.4, -0.2) is 142 Å². The van der Waals surface area contributed by atoms with Gasteiger partial charge in [0.05, 0.1) is 14.2 Å². The van der Waals surface area contributed by atoms with E-state index in [1.165, 1.54) is 88.6 Å². The SMILES string of the molecule is CO.COC(=O)N1CCC2(CC(N3CC=C(c4ncc(C)n4C)CC3)C2)C1.COC(=O)N1CCC2(CC(N3CCC(c4ncc(C)n4C)CC3)C2)C1. The number of amides is 2. The molecule has 8 rings (SSSR count). The van der Waals surface area contributed by atoms with Gasteiger partial charge in [0.2, 0.25) is 0 Å². The fourth-order valence-corrected chi connectivity index (χ4v) is 9.93. The molecule has 6 aliphatic rings. The third-order valence-electron chi connectivity index (χ3n) is 13.3. The summed E-state index contributed by atoms with van der Waals surface area (Å²) in [7, 11) is 8.17. The Morgan fingerprint density at radius 3 is 1.71 bits per heavy atom. The lowest BCUT2D eigenvalue weighted by atomic mass is 9.64. The number of aliphatic hydroxyl groups excluding tert-OH is 1. The minimum Gasteiger partial charge on any atom is -0.453 e.